The lowest BCUT2D eigenvalue weighted by Gasteiger charge is -2.17. The summed E-state index contributed by atoms with van der Waals surface area (Å²) >= 11 is 0. The topological polar surface area (TPSA) is 41.6 Å². The molecular weight excluding hydrogens is 249 g/mol. The number of nitrogens with zero attached hydrogens (tertiary/aromatic N) is 1. The molecule has 2 rings (SSSR count). The van der Waals surface area contributed by atoms with E-state index in [4.69, 9.17) is 0 Å². The Morgan fingerprint density at radius 2 is 1.89 bits per heavy atom. The third kappa shape index (κ3) is 3.58. The number of fused-ring (bicyclic) bond motifs is 1. The quantitative estimate of drug-likeness (QED) is 0.759. The van der Waals surface area contributed by atoms with Gasteiger partial charge < -0.3 is 15.0 Å². The second kappa shape index (κ2) is 5.44. The van der Waals surface area contributed by atoms with E-state index in [2.05, 4.69) is 10.1 Å². The molecule has 0 saturated carbocycles. The van der Waals surface area contributed by atoms with Gasteiger partial charge in [-0.1, -0.05) is 0 Å². The SMILES string of the molecule is O=C(CCOCC(F)(F)F)N1C[C@H]2CNC[C@H]2C1. The van der Waals surface area contributed by atoms with Crippen molar-refractivity contribution >= 4 is 5.91 Å². The van der Waals surface area contributed by atoms with E-state index in [0.29, 0.717) is 11.8 Å². The molecule has 0 spiro atoms. The normalized spacial score (nSPS) is 27.6. The van der Waals surface area contributed by atoms with Crippen LogP contribution in [0.5, 0.6) is 0 Å². The van der Waals surface area contributed by atoms with Crippen LogP contribution in [0.25, 0.3) is 0 Å². The number of hydrogen-bond acceptors (Lipinski definition) is 3. The van der Waals surface area contributed by atoms with E-state index in [1.54, 1.807) is 4.90 Å². The molecule has 2 atom stereocenters. The third-order valence-electron chi connectivity index (χ3n) is 3.47. The summed E-state index contributed by atoms with van der Waals surface area (Å²) in [5, 5.41) is 3.27. The van der Waals surface area contributed by atoms with Crippen molar-refractivity contribution in [3.05, 3.63) is 0 Å². The standard InChI is InChI=1S/C11H17F3N2O2/c12-11(13,14)7-18-2-1-10(17)16-5-8-3-15-4-9(8)6-16/h8-9,15H,1-7H2/t8-,9+. The summed E-state index contributed by atoms with van der Waals surface area (Å²) in [4.78, 5) is 13.5. The third-order valence-corrected chi connectivity index (χ3v) is 3.47. The molecule has 0 radical (unpaired) electrons. The minimum atomic E-state index is -4.32. The zero-order valence-electron chi connectivity index (χ0n) is 10.0. The van der Waals surface area contributed by atoms with Crippen LogP contribution in [-0.2, 0) is 9.53 Å². The van der Waals surface area contributed by atoms with Gasteiger partial charge in [0.05, 0.1) is 13.0 Å². The van der Waals surface area contributed by atoms with Crippen molar-refractivity contribution in [3.8, 4) is 0 Å². The zero-order valence-corrected chi connectivity index (χ0v) is 10.0. The predicted octanol–water partition coefficient (Wildman–Crippen LogP) is 0.633. The Kier molecular flexibility index (Phi) is 4.11. The van der Waals surface area contributed by atoms with Crippen LogP contribution in [0, 0.1) is 11.8 Å². The molecule has 0 aromatic rings. The van der Waals surface area contributed by atoms with E-state index in [1.165, 1.54) is 0 Å². The lowest BCUT2D eigenvalue weighted by atomic mass is 10.0. The summed E-state index contributed by atoms with van der Waals surface area (Å²) in [5.41, 5.74) is 0. The van der Waals surface area contributed by atoms with Gasteiger partial charge in [0.2, 0.25) is 5.91 Å². The summed E-state index contributed by atoms with van der Waals surface area (Å²) in [6, 6.07) is 0. The maximum Gasteiger partial charge on any atom is 0.411 e. The molecule has 2 saturated heterocycles. The molecule has 2 aliphatic rings. The highest BCUT2D eigenvalue weighted by molar-refractivity contribution is 5.76. The molecule has 2 heterocycles. The summed E-state index contributed by atoms with van der Waals surface area (Å²) in [5.74, 6) is 0.904. The Bertz CT molecular complexity index is 297. The van der Waals surface area contributed by atoms with E-state index < -0.39 is 12.8 Å². The maximum absolute atomic E-state index is 11.8. The van der Waals surface area contributed by atoms with Crippen molar-refractivity contribution in [1.29, 1.82) is 0 Å². The van der Waals surface area contributed by atoms with Crippen LogP contribution in [0.3, 0.4) is 0 Å². The van der Waals surface area contributed by atoms with Gasteiger partial charge in [0.1, 0.15) is 6.61 Å². The fraction of sp³-hybridized carbons (Fsp3) is 0.909. The molecule has 1 amide bonds. The van der Waals surface area contributed by atoms with Crippen molar-refractivity contribution in [3.63, 3.8) is 0 Å². The summed E-state index contributed by atoms with van der Waals surface area (Å²) in [7, 11) is 0. The molecular formula is C11H17F3N2O2. The molecule has 0 bridgehead atoms. The minimum Gasteiger partial charge on any atom is -0.372 e. The monoisotopic (exact) mass is 266 g/mol. The first-order valence-electron chi connectivity index (χ1n) is 6.09. The number of alkyl halides is 3. The molecule has 1 N–H and O–H groups in total. The number of carbonyl (C=O) groups excluding carboxylic acids is 1. The van der Waals surface area contributed by atoms with E-state index in [0.717, 1.165) is 26.2 Å². The lowest BCUT2D eigenvalue weighted by Crippen LogP contribution is -2.32. The molecule has 4 nitrogen and oxygen atoms in total. The Hall–Kier alpha value is -0.820. The first-order valence-corrected chi connectivity index (χ1v) is 6.09. The van der Waals surface area contributed by atoms with Crippen molar-refractivity contribution in [2.24, 2.45) is 11.8 Å². The Morgan fingerprint density at radius 3 is 2.44 bits per heavy atom. The van der Waals surface area contributed by atoms with Gasteiger partial charge in [0, 0.05) is 26.2 Å². The molecule has 2 fully saturated rings. The summed E-state index contributed by atoms with van der Waals surface area (Å²) < 4.78 is 39.9. The second-order valence-electron chi connectivity index (χ2n) is 4.89. The lowest BCUT2D eigenvalue weighted by molar-refractivity contribution is -0.175. The van der Waals surface area contributed by atoms with Gasteiger partial charge >= 0.3 is 6.18 Å². The van der Waals surface area contributed by atoms with E-state index in [-0.39, 0.29) is 18.9 Å². The molecule has 0 unspecified atom stereocenters. The Balaban J connectivity index is 1.64. The molecule has 0 aromatic heterocycles. The Labute approximate surface area is 103 Å². The largest absolute Gasteiger partial charge is 0.411 e. The van der Waals surface area contributed by atoms with Crippen molar-refractivity contribution in [2.75, 3.05) is 39.4 Å². The summed E-state index contributed by atoms with van der Waals surface area (Å²) in [6.45, 7) is 1.85. The molecule has 0 aliphatic carbocycles. The highest BCUT2D eigenvalue weighted by atomic mass is 19.4. The summed E-state index contributed by atoms with van der Waals surface area (Å²) in [6.07, 6.45) is -4.29. The Morgan fingerprint density at radius 1 is 1.28 bits per heavy atom. The fourth-order valence-corrected chi connectivity index (χ4v) is 2.56. The fourth-order valence-electron chi connectivity index (χ4n) is 2.56. The van der Waals surface area contributed by atoms with Gasteiger partial charge in [-0.2, -0.15) is 13.2 Å². The molecule has 2 aliphatic heterocycles. The maximum atomic E-state index is 11.8. The van der Waals surface area contributed by atoms with Crippen LogP contribution < -0.4 is 5.32 Å². The number of likely N-dealkylation sites (tertiary alicyclic amines) is 1. The van der Waals surface area contributed by atoms with E-state index in [1.807, 2.05) is 0 Å². The number of nitrogens with one attached hydrogen (secondary N) is 1. The van der Waals surface area contributed by atoms with Gasteiger partial charge in [-0.15, -0.1) is 0 Å². The number of halogens is 3. The number of carbonyl (C=O) groups is 1. The molecule has 104 valence electrons. The van der Waals surface area contributed by atoms with Gasteiger partial charge in [-0.3, -0.25) is 4.79 Å². The van der Waals surface area contributed by atoms with Crippen LogP contribution in [0.4, 0.5) is 13.2 Å². The average Bonchev–Trinajstić information content (AvgIpc) is 2.82. The number of hydrogen-bond donors (Lipinski definition) is 1. The van der Waals surface area contributed by atoms with Gasteiger partial charge in [0.15, 0.2) is 0 Å². The zero-order chi connectivity index (χ0) is 13.2. The molecule has 0 aromatic carbocycles. The van der Waals surface area contributed by atoms with Gasteiger partial charge in [-0.05, 0) is 11.8 Å². The van der Waals surface area contributed by atoms with Crippen LogP contribution >= 0.6 is 0 Å². The second-order valence-corrected chi connectivity index (χ2v) is 4.89. The first kappa shape index (κ1) is 13.6. The smallest absolute Gasteiger partial charge is 0.372 e. The number of amides is 1. The average molecular weight is 266 g/mol. The van der Waals surface area contributed by atoms with Crippen LogP contribution in [0.15, 0.2) is 0 Å². The predicted molar refractivity (Wildman–Crippen MR) is 57.9 cm³/mol. The first-order chi connectivity index (χ1) is 8.46. The van der Waals surface area contributed by atoms with Crippen LogP contribution in [0.2, 0.25) is 0 Å². The molecule has 18 heavy (non-hydrogen) atoms. The highest BCUT2D eigenvalue weighted by Gasteiger charge is 2.37. The van der Waals surface area contributed by atoms with Gasteiger partial charge in [0.25, 0.3) is 0 Å². The minimum absolute atomic E-state index is 0.0307. The highest BCUT2D eigenvalue weighted by Crippen LogP contribution is 2.26. The molecule has 7 heteroatoms. The van der Waals surface area contributed by atoms with Crippen LogP contribution in [-0.4, -0.2) is 56.4 Å². The van der Waals surface area contributed by atoms with E-state index >= 15 is 0 Å². The van der Waals surface area contributed by atoms with Crippen molar-refractivity contribution in [2.45, 2.75) is 12.6 Å². The van der Waals surface area contributed by atoms with Crippen LogP contribution in [0.1, 0.15) is 6.42 Å². The number of rotatable bonds is 4. The van der Waals surface area contributed by atoms with E-state index in [9.17, 15) is 18.0 Å². The van der Waals surface area contributed by atoms with Crippen molar-refractivity contribution < 1.29 is 22.7 Å². The van der Waals surface area contributed by atoms with Crippen molar-refractivity contribution in [1.82, 2.24) is 10.2 Å². The van der Waals surface area contributed by atoms with Gasteiger partial charge in [-0.25, -0.2) is 0 Å². The number of ether oxygens (including phenoxy) is 1.